The quantitative estimate of drug-likeness (QED) is 0.401. The van der Waals surface area contributed by atoms with E-state index in [1.54, 1.807) is 45.8 Å². The predicted molar refractivity (Wildman–Crippen MR) is 108 cm³/mol. The Morgan fingerprint density at radius 2 is 1.96 bits per heavy atom. The molecule has 126 valence electrons. The Bertz CT molecular complexity index is 971. The van der Waals surface area contributed by atoms with Gasteiger partial charge >= 0.3 is 0 Å². The van der Waals surface area contributed by atoms with Gasteiger partial charge in [0.25, 0.3) is 0 Å². The first-order chi connectivity index (χ1) is 12.2. The van der Waals surface area contributed by atoms with Gasteiger partial charge in [0.1, 0.15) is 15.7 Å². The molecule has 4 nitrogen and oxygen atoms in total. The molecule has 0 N–H and O–H groups in total. The molecule has 0 amide bonds. The van der Waals surface area contributed by atoms with Crippen molar-refractivity contribution in [2.24, 2.45) is 0 Å². The first kappa shape index (κ1) is 16.8. The van der Waals surface area contributed by atoms with Crippen LogP contribution in [-0.4, -0.2) is 20.2 Å². The number of nitrogens with zero attached hydrogens (tertiary/aromatic N) is 4. The van der Waals surface area contributed by atoms with E-state index < -0.39 is 0 Å². The minimum absolute atomic E-state index is 0.820. The molecule has 25 heavy (non-hydrogen) atoms. The fourth-order valence-corrected chi connectivity index (χ4v) is 5.53. The Balaban J connectivity index is 1.50. The van der Waals surface area contributed by atoms with Gasteiger partial charge < -0.3 is 0 Å². The Morgan fingerprint density at radius 1 is 1.04 bits per heavy atom. The minimum Gasteiger partial charge on any atom is -0.246 e. The summed E-state index contributed by atoms with van der Waals surface area (Å²) in [6.07, 6.45) is 0. The van der Waals surface area contributed by atoms with Crippen molar-refractivity contribution >= 4 is 45.8 Å². The summed E-state index contributed by atoms with van der Waals surface area (Å²) in [5, 5.41) is 16.0. The van der Waals surface area contributed by atoms with Crippen molar-refractivity contribution in [1.82, 2.24) is 20.2 Å². The predicted octanol–water partition coefficient (Wildman–Crippen LogP) is 5.69. The van der Waals surface area contributed by atoms with Crippen LogP contribution in [0, 0.1) is 13.8 Å². The van der Waals surface area contributed by atoms with Crippen molar-refractivity contribution in [2.75, 3.05) is 0 Å². The molecule has 8 heteroatoms. The average molecular weight is 403 g/mol. The summed E-state index contributed by atoms with van der Waals surface area (Å²) >= 11 is 6.71. The number of hydrogen-bond acceptors (Lipinski definition) is 8. The molecule has 0 unspecified atom stereocenters. The van der Waals surface area contributed by atoms with E-state index in [2.05, 4.69) is 37.0 Å². The Morgan fingerprint density at radius 3 is 2.64 bits per heavy atom. The third-order valence-electron chi connectivity index (χ3n) is 3.44. The van der Waals surface area contributed by atoms with Crippen LogP contribution < -0.4 is 0 Å². The summed E-state index contributed by atoms with van der Waals surface area (Å²) in [5.74, 6) is 0.820. The van der Waals surface area contributed by atoms with Gasteiger partial charge in [-0.15, -0.1) is 44.2 Å². The second-order valence-corrected chi connectivity index (χ2v) is 9.32. The molecule has 4 heterocycles. The highest BCUT2D eigenvalue weighted by molar-refractivity contribution is 7.98. The van der Waals surface area contributed by atoms with Crippen molar-refractivity contribution in [3.63, 3.8) is 0 Å². The molecule has 4 aromatic rings. The van der Waals surface area contributed by atoms with Crippen molar-refractivity contribution in [2.45, 2.75) is 24.6 Å². The number of hydrogen-bond donors (Lipinski definition) is 0. The lowest BCUT2D eigenvalue weighted by molar-refractivity contribution is 0.935. The molecule has 0 spiro atoms. The average Bonchev–Trinajstić information content (AvgIpc) is 3.34. The topological polar surface area (TPSA) is 51.6 Å². The number of thioether (sulfide) groups is 1. The largest absolute Gasteiger partial charge is 0.246 e. The first-order valence-corrected chi connectivity index (χ1v) is 11.1. The zero-order valence-corrected chi connectivity index (χ0v) is 16.9. The van der Waals surface area contributed by atoms with Gasteiger partial charge in [0, 0.05) is 11.1 Å². The number of aromatic nitrogens is 4. The van der Waals surface area contributed by atoms with Crippen LogP contribution in [0.3, 0.4) is 0 Å². The molecule has 0 aromatic carbocycles. The third kappa shape index (κ3) is 3.82. The maximum Gasteiger partial charge on any atom is 0.134 e. The van der Waals surface area contributed by atoms with Crippen LogP contribution in [-0.2, 0) is 5.75 Å². The summed E-state index contributed by atoms with van der Waals surface area (Å²) in [4.78, 5) is 11.4. The van der Waals surface area contributed by atoms with Crippen LogP contribution in [0.1, 0.15) is 16.4 Å². The Labute approximate surface area is 162 Å². The highest BCUT2D eigenvalue weighted by Gasteiger charge is 2.13. The standard InChI is InChI=1S/C17H14N4S4/c1-10-16(25-17(18-10)14-4-3-7-22-14)13-5-6-15(21-20-13)24-9-12-8-23-11(2)19-12/h3-8H,9H2,1-2H3. The zero-order valence-electron chi connectivity index (χ0n) is 13.6. The van der Waals surface area contributed by atoms with E-state index in [1.807, 2.05) is 32.0 Å². The molecular weight excluding hydrogens is 388 g/mol. The van der Waals surface area contributed by atoms with E-state index in [1.165, 1.54) is 4.88 Å². The number of thiophene rings is 1. The SMILES string of the molecule is Cc1nc(CSc2ccc(-c3sc(-c4cccs4)nc3C)nn2)cs1. The van der Waals surface area contributed by atoms with Crippen LogP contribution in [0.5, 0.6) is 0 Å². The smallest absolute Gasteiger partial charge is 0.134 e. The molecule has 0 aliphatic carbocycles. The van der Waals surface area contributed by atoms with Crippen LogP contribution >= 0.6 is 45.8 Å². The Kier molecular flexibility index (Phi) is 4.93. The lowest BCUT2D eigenvalue weighted by Gasteiger charge is -2.00. The van der Waals surface area contributed by atoms with Crippen molar-refractivity contribution in [3.8, 4) is 20.5 Å². The third-order valence-corrected chi connectivity index (χ3v) is 7.43. The molecule has 0 saturated carbocycles. The monoisotopic (exact) mass is 402 g/mol. The van der Waals surface area contributed by atoms with Gasteiger partial charge in [0.15, 0.2) is 0 Å². The van der Waals surface area contributed by atoms with Crippen molar-refractivity contribution < 1.29 is 0 Å². The maximum atomic E-state index is 4.68. The minimum atomic E-state index is 0.820. The highest BCUT2D eigenvalue weighted by Crippen LogP contribution is 2.36. The van der Waals surface area contributed by atoms with Gasteiger partial charge in [-0.1, -0.05) is 17.8 Å². The van der Waals surface area contributed by atoms with E-state index in [0.29, 0.717) is 0 Å². The molecule has 0 saturated heterocycles. The van der Waals surface area contributed by atoms with Crippen LogP contribution in [0.2, 0.25) is 0 Å². The van der Waals surface area contributed by atoms with Gasteiger partial charge in [-0.2, -0.15) is 0 Å². The lowest BCUT2D eigenvalue weighted by atomic mass is 10.3. The molecule has 0 fully saturated rings. The van der Waals surface area contributed by atoms with Crippen LogP contribution in [0.15, 0.2) is 40.1 Å². The zero-order chi connectivity index (χ0) is 17.2. The number of aryl methyl sites for hydroxylation is 2. The fraction of sp³-hybridized carbons (Fsp3) is 0.176. The Hall–Kier alpha value is -1.61. The molecule has 4 aromatic heterocycles. The summed E-state index contributed by atoms with van der Waals surface area (Å²) in [5.41, 5.74) is 2.98. The maximum absolute atomic E-state index is 4.68. The van der Waals surface area contributed by atoms with Gasteiger partial charge in [-0.3, -0.25) is 0 Å². The molecular formula is C17H14N4S4. The summed E-state index contributed by atoms with van der Waals surface area (Å²) < 4.78 is 0. The second-order valence-electron chi connectivity index (χ2n) is 5.31. The summed E-state index contributed by atoms with van der Waals surface area (Å²) in [6.45, 7) is 4.05. The van der Waals surface area contributed by atoms with Crippen LogP contribution in [0.25, 0.3) is 20.5 Å². The van der Waals surface area contributed by atoms with Gasteiger partial charge in [-0.05, 0) is 37.4 Å². The molecule has 0 atom stereocenters. The highest BCUT2D eigenvalue weighted by atomic mass is 32.2. The molecule has 0 aliphatic heterocycles. The van der Waals surface area contributed by atoms with Gasteiger partial charge in [-0.25, -0.2) is 9.97 Å². The van der Waals surface area contributed by atoms with Crippen LogP contribution in [0.4, 0.5) is 0 Å². The number of thiazole rings is 2. The summed E-state index contributed by atoms with van der Waals surface area (Å²) in [7, 11) is 0. The van der Waals surface area contributed by atoms with E-state index in [-0.39, 0.29) is 0 Å². The molecule has 0 aliphatic rings. The van der Waals surface area contributed by atoms with E-state index in [9.17, 15) is 0 Å². The molecule has 4 rings (SSSR count). The molecule has 0 radical (unpaired) electrons. The first-order valence-electron chi connectivity index (χ1n) is 7.58. The van der Waals surface area contributed by atoms with Gasteiger partial charge in [0.2, 0.25) is 0 Å². The van der Waals surface area contributed by atoms with E-state index >= 15 is 0 Å². The normalized spacial score (nSPS) is 11.1. The van der Waals surface area contributed by atoms with Crippen molar-refractivity contribution in [1.29, 1.82) is 0 Å². The van der Waals surface area contributed by atoms with E-state index in [0.717, 1.165) is 42.8 Å². The lowest BCUT2D eigenvalue weighted by Crippen LogP contribution is -1.90. The van der Waals surface area contributed by atoms with Crippen molar-refractivity contribution in [3.05, 3.63) is 51.4 Å². The molecule has 0 bridgehead atoms. The summed E-state index contributed by atoms with van der Waals surface area (Å²) in [6, 6.07) is 8.20. The number of rotatable bonds is 5. The van der Waals surface area contributed by atoms with Gasteiger partial charge in [0.05, 0.1) is 26.1 Å². The van der Waals surface area contributed by atoms with E-state index in [4.69, 9.17) is 0 Å². The second kappa shape index (κ2) is 7.33. The fourth-order valence-electron chi connectivity index (χ4n) is 2.28.